The summed E-state index contributed by atoms with van der Waals surface area (Å²) in [6.07, 6.45) is 4.37. The van der Waals surface area contributed by atoms with Gasteiger partial charge >= 0.3 is 0 Å². The average molecular weight is 306 g/mol. The highest BCUT2D eigenvalue weighted by Crippen LogP contribution is 2.14. The lowest BCUT2D eigenvalue weighted by atomic mass is 10.1. The van der Waals surface area contributed by atoms with E-state index in [1.807, 2.05) is 4.90 Å². The van der Waals surface area contributed by atoms with E-state index in [9.17, 15) is 14.9 Å². The van der Waals surface area contributed by atoms with Crippen LogP contribution in [0.15, 0.2) is 24.3 Å². The molecule has 0 N–H and O–H groups in total. The van der Waals surface area contributed by atoms with Crippen LogP contribution in [0.4, 0.5) is 5.69 Å². The Bertz CT molecular complexity index is 495. The second-order valence-corrected chi connectivity index (χ2v) is 5.48. The number of benzene rings is 1. The molecule has 6 heteroatoms. The Morgan fingerprint density at radius 1 is 1.14 bits per heavy atom. The number of amides is 1. The third-order valence-corrected chi connectivity index (χ3v) is 3.87. The zero-order valence-electron chi connectivity index (χ0n) is 12.7. The largest absolute Gasteiger partial charge is 0.378 e. The summed E-state index contributed by atoms with van der Waals surface area (Å²) in [7, 11) is 0. The van der Waals surface area contributed by atoms with Crippen molar-refractivity contribution in [2.45, 2.75) is 32.1 Å². The van der Waals surface area contributed by atoms with E-state index in [1.54, 1.807) is 12.1 Å². The van der Waals surface area contributed by atoms with Crippen LogP contribution in [0.25, 0.3) is 0 Å². The maximum absolute atomic E-state index is 11.9. The molecule has 1 aliphatic rings. The zero-order chi connectivity index (χ0) is 15.8. The minimum atomic E-state index is -0.388. The second kappa shape index (κ2) is 8.48. The highest BCUT2D eigenvalue weighted by Gasteiger charge is 2.15. The number of hydrogen-bond acceptors (Lipinski definition) is 4. The zero-order valence-corrected chi connectivity index (χ0v) is 12.7. The molecule has 1 aliphatic heterocycles. The van der Waals surface area contributed by atoms with Crippen molar-refractivity contribution in [3.05, 3.63) is 39.9 Å². The lowest BCUT2D eigenvalue weighted by Gasteiger charge is -2.26. The van der Waals surface area contributed by atoms with Gasteiger partial charge in [-0.15, -0.1) is 0 Å². The van der Waals surface area contributed by atoms with Gasteiger partial charge in [0.25, 0.3) is 5.69 Å². The van der Waals surface area contributed by atoms with Crippen LogP contribution >= 0.6 is 0 Å². The molecule has 0 aliphatic carbocycles. The lowest BCUT2D eigenvalue weighted by molar-refractivity contribution is -0.384. The summed E-state index contributed by atoms with van der Waals surface area (Å²) in [5, 5.41) is 10.6. The quantitative estimate of drug-likeness (QED) is 0.441. The Balaban J connectivity index is 1.60. The van der Waals surface area contributed by atoms with Crippen LogP contribution in [0.5, 0.6) is 0 Å². The summed E-state index contributed by atoms with van der Waals surface area (Å²) in [6.45, 7) is 2.71. The molecule has 0 unspecified atom stereocenters. The number of ether oxygens (including phenoxy) is 1. The van der Waals surface area contributed by atoms with Crippen LogP contribution in [0, 0.1) is 10.1 Å². The summed E-state index contributed by atoms with van der Waals surface area (Å²) < 4.78 is 5.23. The maximum atomic E-state index is 11.9. The summed E-state index contributed by atoms with van der Waals surface area (Å²) in [4.78, 5) is 24.0. The van der Waals surface area contributed by atoms with Crippen molar-refractivity contribution in [2.75, 3.05) is 26.3 Å². The van der Waals surface area contributed by atoms with E-state index in [4.69, 9.17) is 4.74 Å². The van der Waals surface area contributed by atoms with Crippen molar-refractivity contribution in [1.29, 1.82) is 0 Å². The van der Waals surface area contributed by atoms with Gasteiger partial charge in [0, 0.05) is 31.6 Å². The molecule has 0 aromatic heterocycles. The maximum Gasteiger partial charge on any atom is 0.269 e. The summed E-state index contributed by atoms with van der Waals surface area (Å²) in [6, 6.07) is 6.68. The topological polar surface area (TPSA) is 72.7 Å². The molecule has 1 saturated heterocycles. The fourth-order valence-corrected chi connectivity index (χ4v) is 2.54. The first kappa shape index (κ1) is 16.4. The van der Waals surface area contributed by atoms with Gasteiger partial charge in [0.1, 0.15) is 0 Å². The summed E-state index contributed by atoms with van der Waals surface area (Å²) >= 11 is 0. The number of aryl methyl sites for hydroxylation is 1. The van der Waals surface area contributed by atoms with Gasteiger partial charge in [0.2, 0.25) is 5.91 Å². The van der Waals surface area contributed by atoms with Crippen molar-refractivity contribution in [3.63, 3.8) is 0 Å². The van der Waals surface area contributed by atoms with Gasteiger partial charge in [-0.1, -0.05) is 18.6 Å². The third kappa shape index (κ3) is 5.11. The van der Waals surface area contributed by atoms with Gasteiger partial charge in [0.15, 0.2) is 0 Å². The Morgan fingerprint density at radius 2 is 1.82 bits per heavy atom. The van der Waals surface area contributed by atoms with Crippen molar-refractivity contribution in [3.8, 4) is 0 Å². The van der Waals surface area contributed by atoms with Crippen LogP contribution in [0.2, 0.25) is 0 Å². The van der Waals surface area contributed by atoms with Gasteiger partial charge in [-0.05, 0) is 24.8 Å². The molecule has 0 atom stereocenters. The molecule has 1 amide bonds. The number of carbonyl (C=O) groups excluding carboxylic acids is 1. The molecule has 1 aromatic carbocycles. The van der Waals surface area contributed by atoms with Crippen LogP contribution in [-0.2, 0) is 16.0 Å². The fourth-order valence-electron chi connectivity index (χ4n) is 2.54. The number of rotatable bonds is 7. The summed E-state index contributed by atoms with van der Waals surface area (Å²) in [5.41, 5.74) is 1.23. The van der Waals surface area contributed by atoms with E-state index in [1.165, 1.54) is 12.1 Å². The van der Waals surface area contributed by atoms with Crippen LogP contribution in [0.3, 0.4) is 0 Å². The molecule has 0 bridgehead atoms. The van der Waals surface area contributed by atoms with Crippen molar-refractivity contribution >= 4 is 11.6 Å². The average Bonchev–Trinajstić information content (AvgIpc) is 2.55. The highest BCUT2D eigenvalue weighted by molar-refractivity contribution is 5.76. The standard InChI is InChI=1S/C16H22N2O4/c19-16(17-10-12-22-13-11-17)5-3-1-2-4-14-6-8-15(9-7-14)18(20)21/h6-9H,1-5,10-13H2. The van der Waals surface area contributed by atoms with Gasteiger partial charge in [-0.25, -0.2) is 0 Å². The molecular weight excluding hydrogens is 284 g/mol. The monoisotopic (exact) mass is 306 g/mol. The van der Waals surface area contributed by atoms with Gasteiger partial charge in [0.05, 0.1) is 18.1 Å². The molecule has 0 saturated carbocycles. The highest BCUT2D eigenvalue weighted by atomic mass is 16.6. The molecule has 0 radical (unpaired) electrons. The minimum absolute atomic E-state index is 0.125. The first-order valence-corrected chi connectivity index (χ1v) is 7.75. The second-order valence-electron chi connectivity index (χ2n) is 5.48. The smallest absolute Gasteiger partial charge is 0.269 e. The van der Waals surface area contributed by atoms with Crippen LogP contribution in [-0.4, -0.2) is 42.0 Å². The Labute approximate surface area is 130 Å². The van der Waals surface area contributed by atoms with Crippen LogP contribution in [0.1, 0.15) is 31.2 Å². The van der Waals surface area contributed by atoms with E-state index in [0.717, 1.165) is 31.2 Å². The van der Waals surface area contributed by atoms with Gasteiger partial charge in [-0.2, -0.15) is 0 Å². The predicted molar refractivity (Wildman–Crippen MR) is 82.7 cm³/mol. The number of non-ortho nitro benzene ring substituents is 1. The summed E-state index contributed by atoms with van der Waals surface area (Å²) in [5.74, 6) is 0.221. The first-order valence-electron chi connectivity index (χ1n) is 7.75. The van der Waals surface area contributed by atoms with E-state index < -0.39 is 0 Å². The lowest BCUT2D eigenvalue weighted by Crippen LogP contribution is -2.40. The van der Waals surface area contributed by atoms with Crippen molar-refractivity contribution in [1.82, 2.24) is 4.90 Å². The van der Waals surface area contributed by atoms with E-state index >= 15 is 0 Å². The van der Waals surface area contributed by atoms with Crippen molar-refractivity contribution < 1.29 is 14.5 Å². The van der Waals surface area contributed by atoms with E-state index in [2.05, 4.69) is 0 Å². The number of nitro benzene ring substituents is 1. The number of morpholine rings is 1. The fraction of sp³-hybridized carbons (Fsp3) is 0.562. The van der Waals surface area contributed by atoms with E-state index in [-0.39, 0.29) is 16.5 Å². The van der Waals surface area contributed by atoms with Gasteiger partial charge in [-0.3, -0.25) is 14.9 Å². The van der Waals surface area contributed by atoms with Crippen LogP contribution < -0.4 is 0 Å². The Morgan fingerprint density at radius 3 is 2.45 bits per heavy atom. The molecule has 1 aromatic rings. The normalized spacial score (nSPS) is 14.8. The van der Waals surface area contributed by atoms with Crippen molar-refractivity contribution in [2.24, 2.45) is 0 Å². The number of carbonyl (C=O) groups is 1. The molecule has 120 valence electrons. The molecule has 22 heavy (non-hydrogen) atoms. The van der Waals surface area contributed by atoms with Gasteiger partial charge < -0.3 is 9.64 Å². The minimum Gasteiger partial charge on any atom is -0.378 e. The molecular formula is C16H22N2O4. The third-order valence-electron chi connectivity index (χ3n) is 3.87. The Kier molecular flexibility index (Phi) is 6.33. The predicted octanol–water partition coefficient (Wildman–Crippen LogP) is 2.56. The molecule has 6 nitrogen and oxygen atoms in total. The molecule has 1 fully saturated rings. The number of unbranched alkanes of at least 4 members (excludes halogenated alkanes) is 2. The molecule has 1 heterocycles. The molecule has 0 spiro atoms. The number of nitrogens with zero attached hydrogens (tertiary/aromatic N) is 2. The number of nitro groups is 1. The van der Waals surface area contributed by atoms with E-state index in [0.29, 0.717) is 32.7 Å². The molecule has 2 rings (SSSR count). The Hall–Kier alpha value is -1.95. The first-order chi connectivity index (χ1) is 10.7. The SMILES string of the molecule is O=C(CCCCCc1ccc([N+](=O)[O-])cc1)N1CCOCC1. The number of hydrogen-bond donors (Lipinski definition) is 0.